The molecular weight excluding hydrogens is 820 g/mol. The Bertz CT molecular complexity index is 3500. The monoisotopic (exact) mass is 862 g/mol. The first-order valence-electron chi connectivity index (χ1n) is 22.5. The third kappa shape index (κ3) is 6.61. The van der Waals surface area contributed by atoms with E-state index in [0.29, 0.717) is 0 Å². The summed E-state index contributed by atoms with van der Waals surface area (Å²) in [6, 6.07) is 93.2. The summed E-state index contributed by atoms with van der Waals surface area (Å²) in [5, 5.41) is 10.2. The van der Waals surface area contributed by atoms with Crippen LogP contribution in [-0.2, 0) is 0 Å². The average molecular weight is 863 g/mol. The van der Waals surface area contributed by atoms with Gasteiger partial charge in [-0.2, -0.15) is 0 Å². The summed E-state index contributed by atoms with van der Waals surface area (Å²) in [6.45, 7) is 0. The molecule has 0 fully saturated rings. The third-order valence-corrected chi connectivity index (χ3v) is 18.2. The maximum absolute atomic E-state index is 14.3. The fourth-order valence-corrected chi connectivity index (χ4v) is 15.1. The summed E-state index contributed by atoms with van der Waals surface area (Å²) in [6.07, 6.45) is 0. The van der Waals surface area contributed by atoms with Crippen molar-refractivity contribution in [2.75, 3.05) is 4.90 Å². The second kappa shape index (κ2) is 16.4. The molecule has 0 aliphatic heterocycles. The Morgan fingerprint density at radius 1 is 0.318 bits per heavy atom. The van der Waals surface area contributed by atoms with E-state index >= 15 is 0 Å². The highest BCUT2D eigenvalue weighted by Gasteiger charge is 2.41. The van der Waals surface area contributed by atoms with Crippen molar-refractivity contribution in [3.8, 4) is 27.9 Å². The van der Waals surface area contributed by atoms with Crippen molar-refractivity contribution >= 4 is 78.5 Å². The Hall–Kier alpha value is -8.31. The van der Waals surface area contributed by atoms with E-state index in [9.17, 15) is 4.39 Å². The smallest absolute Gasteiger partial charge is 0.179 e. The number of hydrogen-bond acceptors (Lipinski definition) is 1. The van der Waals surface area contributed by atoms with Gasteiger partial charge in [-0.1, -0.05) is 194 Å². The number of anilines is 3. The molecule has 12 aromatic rings. The van der Waals surface area contributed by atoms with Gasteiger partial charge >= 0.3 is 0 Å². The normalized spacial score (nSPS) is 11.7. The van der Waals surface area contributed by atoms with E-state index in [4.69, 9.17) is 0 Å². The molecule has 2 nitrogen and oxygen atoms in total. The highest BCUT2D eigenvalue weighted by atomic mass is 28.3. The molecule has 0 atom stereocenters. The van der Waals surface area contributed by atoms with E-state index in [0.717, 1.165) is 55.9 Å². The molecule has 312 valence electrons. The summed E-state index contributed by atoms with van der Waals surface area (Å²) in [5.41, 5.74) is 10.9. The first-order chi connectivity index (χ1) is 32.6. The van der Waals surface area contributed by atoms with Crippen molar-refractivity contribution in [1.82, 2.24) is 4.57 Å². The highest BCUT2D eigenvalue weighted by molar-refractivity contribution is 7.19. The Balaban J connectivity index is 0.984. The number of nitrogens with zero attached hydrogens (tertiary/aromatic N) is 2. The minimum atomic E-state index is -2.64. The lowest BCUT2D eigenvalue weighted by Crippen LogP contribution is -2.74. The highest BCUT2D eigenvalue weighted by Crippen LogP contribution is 2.44. The maximum atomic E-state index is 14.3. The number of hydrogen-bond donors (Lipinski definition) is 0. The van der Waals surface area contributed by atoms with E-state index in [1.54, 1.807) is 12.1 Å². The van der Waals surface area contributed by atoms with Gasteiger partial charge in [0.25, 0.3) is 0 Å². The van der Waals surface area contributed by atoms with Crippen LogP contribution in [0.4, 0.5) is 21.5 Å². The van der Waals surface area contributed by atoms with Gasteiger partial charge in [0.2, 0.25) is 0 Å². The van der Waals surface area contributed by atoms with Crippen molar-refractivity contribution < 1.29 is 4.39 Å². The van der Waals surface area contributed by atoms with Gasteiger partial charge in [0.1, 0.15) is 5.82 Å². The van der Waals surface area contributed by atoms with Gasteiger partial charge in [-0.05, 0) is 121 Å². The number of halogens is 1. The van der Waals surface area contributed by atoms with Crippen molar-refractivity contribution in [3.63, 3.8) is 0 Å². The van der Waals surface area contributed by atoms with Crippen LogP contribution < -0.4 is 25.6 Å². The molecule has 0 amide bonds. The molecule has 0 aliphatic carbocycles. The molecule has 0 N–H and O–H groups in total. The van der Waals surface area contributed by atoms with E-state index in [2.05, 4.69) is 246 Å². The predicted molar refractivity (Wildman–Crippen MR) is 279 cm³/mol. The summed E-state index contributed by atoms with van der Waals surface area (Å²) >= 11 is 0. The van der Waals surface area contributed by atoms with Gasteiger partial charge in [0.05, 0.1) is 11.0 Å². The zero-order valence-corrected chi connectivity index (χ0v) is 37.1. The molecule has 66 heavy (non-hydrogen) atoms. The van der Waals surface area contributed by atoms with E-state index in [-0.39, 0.29) is 5.82 Å². The van der Waals surface area contributed by atoms with Gasteiger partial charge < -0.3 is 9.47 Å². The third-order valence-electron chi connectivity index (χ3n) is 13.4. The molecule has 12 rings (SSSR count). The van der Waals surface area contributed by atoms with Crippen LogP contribution in [0.25, 0.3) is 60.5 Å². The first kappa shape index (κ1) is 39.3. The van der Waals surface area contributed by atoms with Gasteiger partial charge in [0, 0.05) is 33.5 Å². The number of rotatable bonds is 10. The lowest BCUT2D eigenvalue weighted by atomic mass is 10.0. The molecule has 1 heterocycles. The molecule has 0 aliphatic rings. The quantitative estimate of drug-likeness (QED) is 0.0755. The standard InChI is InChI=1S/C62H43FN2Si/c63-50-32-38-53(39-33-50)65-59-23-13-16-48-24-25-49-42-54(43-60(65)62(49)61(48)59)64(51-34-26-45(27-35-51)44-14-5-1-6-15-44)52-36-28-46(29-37-52)47-30-40-58(41-31-47)66(55-17-7-2-8-18-55,56-19-9-3-10-20-56)57-21-11-4-12-22-57/h1-43H. The van der Waals surface area contributed by atoms with Crippen molar-refractivity contribution in [2.24, 2.45) is 0 Å². The van der Waals surface area contributed by atoms with Gasteiger partial charge in [0.15, 0.2) is 8.07 Å². The lowest BCUT2D eigenvalue weighted by molar-refractivity contribution is 0.627. The largest absolute Gasteiger partial charge is 0.310 e. The maximum Gasteiger partial charge on any atom is 0.179 e. The van der Waals surface area contributed by atoms with Crippen LogP contribution in [-0.4, -0.2) is 12.6 Å². The van der Waals surface area contributed by atoms with Crippen molar-refractivity contribution in [2.45, 2.75) is 0 Å². The lowest BCUT2D eigenvalue weighted by Gasteiger charge is -2.34. The topological polar surface area (TPSA) is 8.17 Å². The fourth-order valence-electron chi connectivity index (χ4n) is 10.3. The molecule has 4 heteroatoms. The van der Waals surface area contributed by atoms with Crippen LogP contribution in [0.1, 0.15) is 0 Å². The Morgan fingerprint density at radius 2 is 0.758 bits per heavy atom. The fraction of sp³-hybridized carbons (Fsp3) is 0. The summed E-state index contributed by atoms with van der Waals surface area (Å²) in [7, 11) is -2.64. The van der Waals surface area contributed by atoms with Crippen LogP contribution in [0.3, 0.4) is 0 Å². The molecule has 0 radical (unpaired) electrons. The zero-order chi connectivity index (χ0) is 44.0. The molecule has 0 saturated heterocycles. The molecule has 0 spiro atoms. The van der Waals surface area contributed by atoms with E-state index in [1.165, 1.54) is 42.5 Å². The molecular formula is C62H43FN2Si. The Morgan fingerprint density at radius 3 is 1.29 bits per heavy atom. The molecule has 0 unspecified atom stereocenters. The van der Waals surface area contributed by atoms with Gasteiger partial charge in [-0.25, -0.2) is 4.39 Å². The number of benzene rings is 11. The van der Waals surface area contributed by atoms with Crippen LogP contribution in [0, 0.1) is 5.82 Å². The minimum Gasteiger partial charge on any atom is -0.310 e. The zero-order valence-electron chi connectivity index (χ0n) is 36.1. The SMILES string of the molecule is Fc1ccc(-n2c3cccc4ccc5cc(N(c6ccc(-c7ccccc7)cc6)c6ccc(-c7ccc([Si](c8ccccc8)(c8ccccc8)c8ccccc8)cc7)cc6)cc2c5c43)cc1. The van der Waals surface area contributed by atoms with Crippen LogP contribution in [0.2, 0.25) is 0 Å². The number of aromatic nitrogens is 1. The van der Waals surface area contributed by atoms with Gasteiger partial charge in [-0.15, -0.1) is 0 Å². The van der Waals surface area contributed by atoms with Gasteiger partial charge in [-0.3, -0.25) is 0 Å². The van der Waals surface area contributed by atoms with Crippen molar-refractivity contribution in [3.05, 3.63) is 267 Å². The second-order valence-electron chi connectivity index (χ2n) is 17.0. The molecule has 0 bridgehead atoms. The minimum absolute atomic E-state index is 0.251. The Kier molecular flexibility index (Phi) is 9.73. The summed E-state index contributed by atoms with van der Waals surface area (Å²) in [5.74, 6) is -0.251. The second-order valence-corrected chi connectivity index (χ2v) is 20.8. The molecule has 0 saturated carbocycles. The van der Waals surface area contributed by atoms with E-state index in [1.807, 2.05) is 12.1 Å². The average Bonchev–Trinajstić information content (AvgIpc) is 3.73. The molecule has 11 aromatic carbocycles. The first-order valence-corrected chi connectivity index (χ1v) is 24.5. The van der Waals surface area contributed by atoms with Crippen molar-refractivity contribution in [1.29, 1.82) is 0 Å². The van der Waals surface area contributed by atoms with Crippen LogP contribution in [0.15, 0.2) is 261 Å². The van der Waals surface area contributed by atoms with E-state index < -0.39 is 8.07 Å². The Labute approximate surface area is 385 Å². The van der Waals surface area contributed by atoms with Crippen LogP contribution >= 0.6 is 0 Å². The molecule has 1 aromatic heterocycles. The summed E-state index contributed by atoms with van der Waals surface area (Å²) < 4.78 is 16.6. The predicted octanol–water partition coefficient (Wildman–Crippen LogP) is 13.7. The van der Waals surface area contributed by atoms with Crippen LogP contribution in [0.5, 0.6) is 0 Å². The summed E-state index contributed by atoms with van der Waals surface area (Å²) in [4.78, 5) is 2.35.